The van der Waals surface area contributed by atoms with Crippen LogP contribution in [0.25, 0.3) is 0 Å². The molecule has 1 aromatic rings. The molecule has 2 N–H and O–H groups in total. The number of nitrogens with one attached hydrogen (secondary N) is 2. The van der Waals surface area contributed by atoms with Crippen LogP contribution >= 0.6 is 0 Å². The molecule has 0 amide bonds. The van der Waals surface area contributed by atoms with E-state index >= 15 is 0 Å². The van der Waals surface area contributed by atoms with Gasteiger partial charge in [0.25, 0.3) is 0 Å². The summed E-state index contributed by atoms with van der Waals surface area (Å²) < 4.78 is 31.3. The second-order valence-corrected chi connectivity index (χ2v) is 6.50. The van der Waals surface area contributed by atoms with Crippen molar-refractivity contribution in [1.29, 1.82) is 0 Å². The molecule has 0 spiro atoms. The molecule has 17 heavy (non-hydrogen) atoms. The third-order valence-electron chi connectivity index (χ3n) is 2.37. The summed E-state index contributed by atoms with van der Waals surface area (Å²) in [6, 6.07) is 3.74. The summed E-state index contributed by atoms with van der Waals surface area (Å²) in [6.45, 7) is 6.28. The fourth-order valence-corrected chi connectivity index (χ4v) is 2.18. The summed E-state index contributed by atoms with van der Waals surface area (Å²) in [6.07, 6.45) is 1.52. The van der Waals surface area contributed by atoms with Gasteiger partial charge in [-0.2, -0.15) is 0 Å². The van der Waals surface area contributed by atoms with E-state index in [1.165, 1.54) is 6.26 Å². The Morgan fingerprint density at radius 1 is 1.35 bits per heavy atom. The first kappa shape index (κ1) is 14.2. The molecular weight excluding hydrogens is 240 g/mol. The molecule has 1 heterocycles. The highest BCUT2D eigenvalue weighted by atomic mass is 32.2. The first-order chi connectivity index (χ1) is 7.92. The predicted molar refractivity (Wildman–Crippen MR) is 67.1 cm³/mol. The third-order valence-corrected chi connectivity index (χ3v) is 4.14. The van der Waals surface area contributed by atoms with Gasteiger partial charge < -0.3 is 9.73 Å². The summed E-state index contributed by atoms with van der Waals surface area (Å²) in [4.78, 5) is 0. The molecule has 0 aliphatic heterocycles. The smallest absolute Gasteiger partial charge is 0.215 e. The van der Waals surface area contributed by atoms with E-state index in [0.29, 0.717) is 12.3 Å². The second kappa shape index (κ2) is 6.18. The SMILES string of the molecule is CC(C)NCC(C)S(=O)(=O)NCc1ccco1. The fourth-order valence-electron chi connectivity index (χ4n) is 1.24. The van der Waals surface area contributed by atoms with Gasteiger partial charge in [0.1, 0.15) is 5.76 Å². The van der Waals surface area contributed by atoms with Crippen LogP contribution in [0.1, 0.15) is 26.5 Å². The van der Waals surface area contributed by atoms with Crippen LogP contribution in [-0.2, 0) is 16.6 Å². The van der Waals surface area contributed by atoms with E-state index < -0.39 is 15.3 Å². The molecule has 1 unspecified atom stereocenters. The fraction of sp³-hybridized carbons (Fsp3) is 0.636. The third kappa shape index (κ3) is 4.89. The first-order valence-corrected chi connectivity index (χ1v) is 7.20. The maximum Gasteiger partial charge on any atom is 0.215 e. The topological polar surface area (TPSA) is 71.3 Å². The molecule has 5 nitrogen and oxygen atoms in total. The summed E-state index contributed by atoms with van der Waals surface area (Å²) >= 11 is 0. The van der Waals surface area contributed by atoms with Crippen LogP contribution in [0.15, 0.2) is 22.8 Å². The first-order valence-electron chi connectivity index (χ1n) is 5.66. The normalized spacial score (nSPS) is 14.1. The molecule has 0 radical (unpaired) electrons. The van der Waals surface area contributed by atoms with E-state index in [2.05, 4.69) is 10.0 Å². The van der Waals surface area contributed by atoms with Gasteiger partial charge in [-0.15, -0.1) is 0 Å². The molecule has 0 saturated carbocycles. The second-order valence-electron chi connectivity index (χ2n) is 4.32. The van der Waals surface area contributed by atoms with E-state index in [1.807, 2.05) is 13.8 Å². The van der Waals surface area contributed by atoms with E-state index in [-0.39, 0.29) is 12.6 Å². The number of hydrogen-bond donors (Lipinski definition) is 2. The quantitative estimate of drug-likeness (QED) is 0.769. The van der Waals surface area contributed by atoms with Crippen molar-refractivity contribution in [3.63, 3.8) is 0 Å². The Bertz CT molecular complexity index is 412. The van der Waals surface area contributed by atoms with Gasteiger partial charge >= 0.3 is 0 Å². The van der Waals surface area contributed by atoms with Gasteiger partial charge in [0.2, 0.25) is 10.0 Å². The highest BCUT2D eigenvalue weighted by Crippen LogP contribution is 2.03. The molecule has 0 aromatic carbocycles. The van der Waals surface area contributed by atoms with Crippen LogP contribution in [0, 0.1) is 0 Å². The monoisotopic (exact) mass is 260 g/mol. The van der Waals surface area contributed by atoms with Gasteiger partial charge in [0.15, 0.2) is 0 Å². The van der Waals surface area contributed by atoms with Crippen molar-refractivity contribution in [2.45, 2.75) is 38.6 Å². The Kier molecular flexibility index (Phi) is 5.17. The number of hydrogen-bond acceptors (Lipinski definition) is 4. The van der Waals surface area contributed by atoms with Gasteiger partial charge in [0.05, 0.1) is 18.1 Å². The van der Waals surface area contributed by atoms with Gasteiger partial charge in [-0.05, 0) is 19.1 Å². The molecule has 1 aromatic heterocycles. The standard InChI is InChI=1S/C11H20N2O3S/c1-9(2)12-7-10(3)17(14,15)13-8-11-5-4-6-16-11/h4-6,9-10,12-13H,7-8H2,1-3H3. The summed E-state index contributed by atoms with van der Waals surface area (Å²) in [5.41, 5.74) is 0. The van der Waals surface area contributed by atoms with E-state index in [4.69, 9.17) is 4.42 Å². The maximum atomic E-state index is 11.8. The minimum Gasteiger partial charge on any atom is -0.468 e. The zero-order valence-electron chi connectivity index (χ0n) is 10.4. The lowest BCUT2D eigenvalue weighted by Gasteiger charge is -2.15. The molecule has 0 aliphatic rings. The minimum absolute atomic E-state index is 0.196. The lowest BCUT2D eigenvalue weighted by molar-refractivity contribution is 0.494. The van der Waals surface area contributed by atoms with Crippen LogP contribution in [-0.4, -0.2) is 26.3 Å². The molecule has 1 atom stereocenters. The van der Waals surface area contributed by atoms with Crippen molar-refractivity contribution in [2.75, 3.05) is 6.54 Å². The van der Waals surface area contributed by atoms with Crippen LogP contribution in [0.5, 0.6) is 0 Å². The van der Waals surface area contributed by atoms with Crippen LogP contribution in [0.2, 0.25) is 0 Å². The Balaban J connectivity index is 2.44. The summed E-state index contributed by atoms with van der Waals surface area (Å²) in [5.74, 6) is 0.609. The van der Waals surface area contributed by atoms with Gasteiger partial charge in [-0.1, -0.05) is 13.8 Å². The Hall–Kier alpha value is -0.850. The van der Waals surface area contributed by atoms with E-state index in [1.54, 1.807) is 19.1 Å². The average molecular weight is 260 g/mol. The maximum absolute atomic E-state index is 11.8. The van der Waals surface area contributed by atoms with Crippen molar-refractivity contribution in [3.8, 4) is 0 Å². The van der Waals surface area contributed by atoms with Crippen molar-refractivity contribution in [3.05, 3.63) is 24.2 Å². The van der Waals surface area contributed by atoms with Gasteiger partial charge in [-0.25, -0.2) is 13.1 Å². The highest BCUT2D eigenvalue weighted by molar-refractivity contribution is 7.90. The lowest BCUT2D eigenvalue weighted by atomic mass is 10.3. The number of rotatable bonds is 7. The van der Waals surface area contributed by atoms with Gasteiger partial charge in [0, 0.05) is 12.6 Å². The van der Waals surface area contributed by atoms with Crippen molar-refractivity contribution in [1.82, 2.24) is 10.0 Å². The van der Waals surface area contributed by atoms with Crippen LogP contribution in [0.3, 0.4) is 0 Å². The Morgan fingerprint density at radius 3 is 2.59 bits per heavy atom. The zero-order chi connectivity index (χ0) is 12.9. The Labute approximate surface area is 103 Å². The zero-order valence-corrected chi connectivity index (χ0v) is 11.3. The summed E-state index contributed by atoms with van der Waals surface area (Å²) in [5, 5.41) is 2.63. The van der Waals surface area contributed by atoms with Crippen molar-refractivity contribution in [2.24, 2.45) is 0 Å². The van der Waals surface area contributed by atoms with Crippen LogP contribution < -0.4 is 10.0 Å². The number of sulfonamides is 1. The minimum atomic E-state index is -3.30. The van der Waals surface area contributed by atoms with Gasteiger partial charge in [-0.3, -0.25) is 0 Å². The van der Waals surface area contributed by atoms with Crippen molar-refractivity contribution >= 4 is 10.0 Å². The number of furan rings is 1. The molecule has 0 saturated heterocycles. The molecular formula is C11H20N2O3S. The molecule has 6 heteroatoms. The lowest BCUT2D eigenvalue weighted by Crippen LogP contribution is -2.40. The molecule has 0 aliphatic carbocycles. The van der Waals surface area contributed by atoms with Crippen molar-refractivity contribution < 1.29 is 12.8 Å². The largest absolute Gasteiger partial charge is 0.468 e. The van der Waals surface area contributed by atoms with E-state index in [9.17, 15) is 8.42 Å². The van der Waals surface area contributed by atoms with E-state index in [0.717, 1.165) is 0 Å². The summed E-state index contributed by atoms with van der Waals surface area (Å²) in [7, 11) is -3.30. The molecule has 0 bridgehead atoms. The average Bonchev–Trinajstić information content (AvgIpc) is 2.75. The highest BCUT2D eigenvalue weighted by Gasteiger charge is 2.20. The molecule has 98 valence electrons. The molecule has 1 rings (SSSR count). The van der Waals surface area contributed by atoms with Crippen LogP contribution in [0.4, 0.5) is 0 Å². The molecule has 0 fully saturated rings. The predicted octanol–water partition coefficient (Wildman–Crippen LogP) is 1.09. The Morgan fingerprint density at radius 2 is 2.06 bits per heavy atom.